The second-order valence-electron chi connectivity index (χ2n) is 3.54. The molecule has 14 heavy (non-hydrogen) atoms. The quantitative estimate of drug-likeness (QED) is 0.334. The summed E-state index contributed by atoms with van der Waals surface area (Å²) in [6.07, 6.45) is 4.10. The first-order valence-electron chi connectivity index (χ1n) is 4.68. The Labute approximate surface area is 83.4 Å². The van der Waals surface area contributed by atoms with Gasteiger partial charge in [-0.2, -0.15) is 0 Å². The van der Waals surface area contributed by atoms with Gasteiger partial charge in [-0.1, -0.05) is 0 Å². The van der Waals surface area contributed by atoms with E-state index >= 15 is 0 Å². The van der Waals surface area contributed by atoms with E-state index in [9.17, 15) is 4.79 Å². The number of rotatable bonds is 3. The first kappa shape index (κ1) is 10.8. The zero-order chi connectivity index (χ0) is 10.6. The molecule has 1 saturated carbocycles. The average Bonchev–Trinajstić information content (AvgIpc) is 2.66. The van der Waals surface area contributed by atoms with E-state index in [1.807, 2.05) is 0 Å². The zero-order valence-corrected chi connectivity index (χ0v) is 8.32. The van der Waals surface area contributed by atoms with Gasteiger partial charge in [-0.3, -0.25) is 10.6 Å². The average molecular weight is 199 g/mol. The number of hydrazine groups is 1. The van der Waals surface area contributed by atoms with Crippen LogP contribution in [0.5, 0.6) is 0 Å². The number of carbonyl (C=O) groups is 1. The highest BCUT2D eigenvalue weighted by atomic mass is 16.5. The van der Waals surface area contributed by atoms with Crippen LogP contribution in [0.2, 0.25) is 0 Å². The van der Waals surface area contributed by atoms with Gasteiger partial charge in [0.05, 0.1) is 13.0 Å². The molecule has 1 aliphatic rings. The van der Waals surface area contributed by atoms with Crippen molar-refractivity contribution >= 4 is 5.97 Å². The van der Waals surface area contributed by atoms with Gasteiger partial charge in [-0.15, -0.1) is 0 Å². The van der Waals surface area contributed by atoms with Gasteiger partial charge in [0.25, 0.3) is 0 Å². The number of hydrogen-bond donors (Lipinski definition) is 3. The Morgan fingerprint density at radius 2 is 2.14 bits per heavy atom. The molecular formula is C9H17N3O2. The number of nitrogens with two attached hydrogens (primary N) is 2. The molecule has 80 valence electrons. The van der Waals surface area contributed by atoms with Gasteiger partial charge in [0.2, 0.25) is 0 Å². The standard InChI is InChI=1S/C9H17N3O2/c1-14-9(13)7-3-2-6(4-7)8(10)5-12-11/h5-7,12H,2-4,10-11H2,1H3/b8-5-. The Morgan fingerprint density at radius 1 is 1.50 bits per heavy atom. The predicted octanol–water partition coefficient (Wildman–Crippen LogP) is -0.161. The maximum absolute atomic E-state index is 11.2. The van der Waals surface area contributed by atoms with E-state index in [4.69, 9.17) is 11.6 Å². The molecule has 0 amide bonds. The Bertz CT molecular complexity index is 240. The molecule has 1 fully saturated rings. The lowest BCUT2D eigenvalue weighted by Gasteiger charge is -2.10. The van der Waals surface area contributed by atoms with E-state index in [2.05, 4.69) is 10.2 Å². The van der Waals surface area contributed by atoms with Crippen molar-refractivity contribution in [1.82, 2.24) is 5.43 Å². The smallest absolute Gasteiger partial charge is 0.308 e. The summed E-state index contributed by atoms with van der Waals surface area (Å²) in [6, 6.07) is 0. The Balaban J connectivity index is 2.49. The highest BCUT2D eigenvalue weighted by Gasteiger charge is 2.31. The van der Waals surface area contributed by atoms with Gasteiger partial charge >= 0.3 is 5.97 Å². The molecule has 0 aromatic heterocycles. The molecule has 0 aromatic carbocycles. The van der Waals surface area contributed by atoms with Gasteiger partial charge in [0, 0.05) is 17.8 Å². The summed E-state index contributed by atoms with van der Waals surface area (Å²) in [5.74, 6) is 5.22. The fourth-order valence-corrected chi connectivity index (χ4v) is 1.88. The van der Waals surface area contributed by atoms with Crippen LogP contribution in [0.4, 0.5) is 0 Å². The van der Waals surface area contributed by atoms with Gasteiger partial charge in [-0.05, 0) is 19.3 Å². The predicted molar refractivity (Wildman–Crippen MR) is 52.4 cm³/mol. The lowest BCUT2D eigenvalue weighted by Crippen LogP contribution is -2.20. The first-order chi connectivity index (χ1) is 6.69. The van der Waals surface area contributed by atoms with Crippen LogP contribution in [0.15, 0.2) is 11.9 Å². The van der Waals surface area contributed by atoms with Gasteiger partial charge in [0.1, 0.15) is 0 Å². The maximum atomic E-state index is 11.2. The van der Waals surface area contributed by atoms with Crippen molar-refractivity contribution in [3.05, 3.63) is 11.9 Å². The van der Waals surface area contributed by atoms with Crippen molar-refractivity contribution in [1.29, 1.82) is 0 Å². The molecule has 0 heterocycles. The van der Waals surface area contributed by atoms with Crippen LogP contribution in [0.3, 0.4) is 0 Å². The SMILES string of the molecule is COC(=O)C1CCC(/C(N)=C/NN)C1. The van der Waals surface area contributed by atoms with Crippen LogP contribution in [0.25, 0.3) is 0 Å². The van der Waals surface area contributed by atoms with Crippen LogP contribution >= 0.6 is 0 Å². The molecule has 5 heteroatoms. The van der Waals surface area contributed by atoms with E-state index in [-0.39, 0.29) is 17.8 Å². The Kier molecular flexibility index (Phi) is 3.76. The first-order valence-corrected chi connectivity index (χ1v) is 4.68. The largest absolute Gasteiger partial charge is 0.469 e. The van der Waals surface area contributed by atoms with Gasteiger partial charge in [-0.25, -0.2) is 0 Å². The van der Waals surface area contributed by atoms with Crippen molar-refractivity contribution < 1.29 is 9.53 Å². The Morgan fingerprint density at radius 3 is 2.71 bits per heavy atom. The van der Waals surface area contributed by atoms with Crippen LogP contribution in [0, 0.1) is 11.8 Å². The van der Waals surface area contributed by atoms with E-state index in [0.717, 1.165) is 19.3 Å². The van der Waals surface area contributed by atoms with Crippen LogP contribution in [0.1, 0.15) is 19.3 Å². The van der Waals surface area contributed by atoms with Crippen molar-refractivity contribution in [3.63, 3.8) is 0 Å². The summed E-state index contributed by atoms with van der Waals surface area (Å²) in [5, 5.41) is 0. The number of allylic oxidation sites excluding steroid dienone is 1. The third-order valence-corrected chi connectivity index (χ3v) is 2.69. The number of hydrogen-bond acceptors (Lipinski definition) is 5. The number of carbonyl (C=O) groups excluding carboxylic acids is 1. The minimum atomic E-state index is -0.138. The van der Waals surface area contributed by atoms with Crippen LogP contribution < -0.4 is 17.0 Å². The molecular weight excluding hydrogens is 182 g/mol. The fourth-order valence-electron chi connectivity index (χ4n) is 1.88. The molecule has 2 atom stereocenters. The summed E-state index contributed by atoms with van der Waals surface area (Å²) in [6.45, 7) is 0. The molecule has 0 aromatic rings. The summed E-state index contributed by atoms with van der Waals surface area (Å²) in [4.78, 5) is 11.2. The van der Waals surface area contributed by atoms with Crippen LogP contribution in [-0.4, -0.2) is 13.1 Å². The molecule has 5 N–H and O–H groups in total. The van der Waals surface area contributed by atoms with E-state index in [0.29, 0.717) is 5.70 Å². The summed E-state index contributed by atoms with van der Waals surface area (Å²) >= 11 is 0. The van der Waals surface area contributed by atoms with Crippen molar-refractivity contribution in [2.45, 2.75) is 19.3 Å². The molecule has 0 bridgehead atoms. The van der Waals surface area contributed by atoms with E-state index in [1.54, 1.807) is 6.20 Å². The van der Waals surface area contributed by atoms with Gasteiger partial charge < -0.3 is 15.9 Å². The minimum absolute atomic E-state index is 0.00488. The number of esters is 1. The minimum Gasteiger partial charge on any atom is -0.469 e. The van der Waals surface area contributed by atoms with Crippen molar-refractivity contribution in [2.75, 3.05) is 7.11 Å². The molecule has 0 radical (unpaired) electrons. The topological polar surface area (TPSA) is 90.4 Å². The monoisotopic (exact) mass is 199 g/mol. The van der Waals surface area contributed by atoms with Crippen LogP contribution in [-0.2, 0) is 9.53 Å². The molecule has 0 saturated heterocycles. The summed E-state index contributed by atoms with van der Waals surface area (Å²) < 4.78 is 4.68. The highest BCUT2D eigenvalue weighted by molar-refractivity contribution is 5.72. The molecule has 1 rings (SSSR count). The normalized spacial score (nSPS) is 27.4. The third kappa shape index (κ3) is 2.38. The second-order valence-corrected chi connectivity index (χ2v) is 3.54. The maximum Gasteiger partial charge on any atom is 0.308 e. The molecule has 2 unspecified atom stereocenters. The number of methoxy groups -OCH3 is 1. The lowest BCUT2D eigenvalue weighted by molar-refractivity contribution is -0.145. The number of ether oxygens (including phenoxy) is 1. The second kappa shape index (κ2) is 4.85. The van der Waals surface area contributed by atoms with E-state index < -0.39 is 0 Å². The zero-order valence-electron chi connectivity index (χ0n) is 8.32. The fraction of sp³-hybridized carbons (Fsp3) is 0.667. The van der Waals surface area contributed by atoms with Crippen molar-refractivity contribution in [2.24, 2.45) is 23.4 Å². The van der Waals surface area contributed by atoms with Crippen molar-refractivity contribution in [3.8, 4) is 0 Å². The summed E-state index contributed by atoms with van der Waals surface area (Å²) in [5.41, 5.74) is 8.87. The molecule has 1 aliphatic carbocycles. The molecule has 0 aliphatic heterocycles. The van der Waals surface area contributed by atoms with Gasteiger partial charge in [0.15, 0.2) is 0 Å². The summed E-state index contributed by atoms with van der Waals surface area (Å²) in [7, 11) is 1.41. The Hall–Kier alpha value is -1.23. The van der Waals surface area contributed by atoms with E-state index in [1.165, 1.54) is 7.11 Å². The molecule has 5 nitrogen and oxygen atoms in total. The number of nitrogens with one attached hydrogen (secondary N) is 1. The third-order valence-electron chi connectivity index (χ3n) is 2.69. The lowest BCUT2D eigenvalue weighted by atomic mass is 10.0. The molecule has 0 spiro atoms. The highest BCUT2D eigenvalue weighted by Crippen LogP contribution is 2.34.